The molecule has 1 aliphatic heterocycles. The smallest absolute Gasteiger partial charge is 0.339 e. The zero-order valence-corrected chi connectivity index (χ0v) is 18.6. The Morgan fingerprint density at radius 3 is 2.62 bits per heavy atom. The number of esters is 1. The van der Waals surface area contributed by atoms with Gasteiger partial charge in [0.2, 0.25) is 0 Å². The van der Waals surface area contributed by atoms with Gasteiger partial charge in [0.25, 0.3) is 0 Å². The number of aromatic nitrogens is 4. The van der Waals surface area contributed by atoms with E-state index in [9.17, 15) is 4.79 Å². The molecule has 34 heavy (non-hydrogen) atoms. The molecule has 0 spiro atoms. The van der Waals surface area contributed by atoms with E-state index in [0.29, 0.717) is 24.2 Å². The molecule has 3 aromatic carbocycles. The Hall–Kier alpha value is -4.39. The van der Waals surface area contributed by atoms with Crippen LogP contribution in [0, 0.1) is 0 Å². The van der Waals surface area contributed by atoms with Gasteiger partial charge in [0.15, 0.2) is 0 Å². The lowest BCUT2D eigenvalue weighted by Crippen LogP contribution is -2.24. The monoisotopic (exact) mass is 450 g/mol. The van der Waals surface area contributed by atoms with Crippen molar-refractivity contribution in [1.29, 1.82) is 0 Å². The first-order valence-corrected chi connectivity index (χ1v) is 11.1. The summed E-state index contributed by atoms with van der Waals surface area (Å²) in [5.41, 5.74) is 5.30. The molecule has 3 heterocycles. The van der Waals surface area contributed by atoms with Gasteiger partial charge < -0.3 is 14.0 Å². The second-order valence-corrected chi connectivity index (χ2v) is 8.32. The molecule has 0 saturated heterocycles. The Morgan fingerprint density at radius 2 is 1.76 bits per heavy atom. The summed E-state index contributed by atoms with van der Waals surface area (Å²) >= 11 is 0. The predicted octanol–water partition coefficient (Wildman–Crippen LogP) is 4.68. The third kappa shape index (κ3) is 3.42. The van der Waals surface area contributed by atoms with Crippen LogP contribution in [0.2, 0.25) is 0 Å². The minimum absolute atomic E-state index is 0.315. The van der Waals surface area contributed by atoms with Crippen LogP contribution in [0.25, 0.3) is 27.8 Å². The van der Waals surface area contributed by atoms with Crippen LogP contribution in [-0.4, -0.2) is 38.7 Å². The highest BCUT2D eigenvalue weighted by Gasteiger charge is 2.28. The van der Waals surface area contributed by atoms with Gasteiger partial charge in [-0.25, -0.2) is 9.48 Å². The third-order valence-corrected chi connectivity index (χ3v) is 6.20. The number of hydrogen-bond acceptors (Lipinski definition) is 5. The van der Waals surface area contributed by atoms with Crippen LogP contribution in [0.4, 0.5) is 0 Å². The number of carbonyl (C=O) groups excluding carboxylic acids is 1. The summed E-state index contributed by atoms with van der Waals surface area (Å²) in [5.74, 6) is 0.417. The van der Waals surface area contributed by atoms with E-state index in [4.69, 9.17) is 9.47 Å². The van der Waals surface area contributed by atoms with E-state index in [1.807, 2.05) is 66.9 Å². The van der Waals surface area contributed by atoms with Crippen LogP contribution in [-0.2, 0) is 17.7 Å². The minimum atomic E-state index is -0.373. The van der Waals surface area contributed by atoms with Gasteiger partial charge in [0, 0.05) is 29.3 Å². The van der Waals surface area contributed by atoms with E-state index in [1.54, 1.807) is 11.8 Å². The molecule has 1 atom stereocenters. The van der Waals surface area contributed by atoms with E-state index < -0.39 is 0 Å². The van der Waals surface area contributed by atoms with E-state index >= 15 is 0 Å². The summed E-state index contributed by atoms with van der Waals surface area (Å²) in [4.78, 5) is 13.1. The third-order valence-electron chi connectivity index (χ3n) is 6.20. The van der Waals surface area contributed by atoms with Gasteiger partial charge >= 0.3 is 5.97 Å². The summed E-state index contributed by atoms with van der Waals surface area (Å²) in [5, 5.41) is 9.55. The maximum absolute atomic E-state index is 13.1. The van der Waals surface area contributed by atoms with Gasteiger partial charge in [0.05, 0.1) is 30.9 Å². The number of cyclic esters (lactones) is 1. The average molecular weight is 450 g/mol. The fraction of sp³-hybridized carbons (Fsp3) is 0.148. The quantitative estimate of drug-likeness (QED) is 0.364. The van der Waals surface area contributed by atoms with E-state index in [0.717, 1.165) is 33.5 Å². The highest BCUT2D eigenvalue weighted by Crippen LogP contribution is 2.33. The van der Waals surface area contributed by atoms with Crippen LogP contribution in [0.5, 0.6) is 5.75 Å². The molecule has 168 valence electrons. The van der Waals surface area contributed by atoms with Crippen molar-refractivity contribution in [2.75, 3.05) is 7.11 Å². The predicted molar refractivity (Wildman–Crippen MR) is 128 cm³/mol. The summed E-state index contributed by atoms with van der Waals surface area (Å²) < 4.78 is 15.2. The molecule has 0 saturated carbocycles. The maximum atomic E-state index is 13.1. The summed E-state index contributed by atoms with van der Waals surface area (Å²) in [6, 6.07) is 23.6. The fourth-order valence-electron chi connectivity index (χ4n) is 4.67. The molecule has 0 N–H and O–H groups in total. The molecule has 0 aliphatic carbocycles. The van der Waals surface area contributed by atoms with Crippen LogP contribution in [0.3, 0.4) is 0 Å². The topological polar surface area (TPSA) is 71.2 Å². The van der Waals surface area contributed by atoms with Gasteiger partial charge in [-0.05, 0) is 42.0 Å². The minimum Gasteiger partial charge on any atom is -0.496 e. The van der Waals surface area contributed by atoms with Gasteiger partial charge in [-0.2, -0.15) is 0 Å². The normalized spacial score (nSPS) is 15.2. The number of ether oxygens (including phenoxy) is 2. The Bertz CT molecular complexity index is 1500. The van der Waals surface area contributed by atoms with Crippen molar-refractivity contribution in [2.45, 2.75) is 19.1 Å². The second kappa shape index (κ2) is 8.19. The Balaban J connectivity index is 1.33. The molecular weight excluding hydrogens is 428 g/mol. The first-order valence-electron chi connectivity index (χ1n) is 11.1. The Morgan fingerprint density at radius 1 is 0.971 bits per heavy atom. The van der Waals surface area contributed by atoms with Crippen molar-refractivity contribution in [3.05, 3.63) is 96.3 Å². The number of hydrogen-bond donors (Lipinski definition) is 0. The van der Waals surface area contributed by atoms with Gasteiger partial charge in [-0.15, -0.1) is 5.10 Å². The van der Waals surface area contributed by atoms with Crippen LogP contribution in [0.15, 0.2) is 85.2 Å². The number of nitrogens with zero attached hydrogens (tertiary/aromatic N) is 4. The highest BCUT2D eigenvalue weighted by molar-refractivity contribution is 6.06. The molecule has 6 rings (SSSR count). The van der Waals surface area contributed by atoms with Crippen molar-refractivity contribution in [1.82, 2.24) is 19.6 Å². The molecule has 1 aliphatic rings. The van der Waals surface area contributed by atoms with Gasteiger partial charge in [0.1, 0.15) is 17.5 Å². The van der Waals surface area contributed by atoms with Crippen LogP contribution in [0.1, 0.15) is 15.9 Å². The molecule has 0 amide bonds. The fourth-order valence-corrected chi connectivity index (χ4v) is 4.67. The van der Waals surface area contributed by atoms with Crippen LogP contribution < -0.4 is 4.74 Å². The van der Waals surface area contributed by atoms with Gasteiger partial charge in [-0.3, -0.25) is 0 Å². The molecular formula is C27H22N4O3. The lowest BCUT2D eigenvalue weighted by Gasteiger charge is -2.15. The van der Waals surface area contributed by atoms with Crippen molar-refractivity contribution in [2.24, 2.45) is 0 Å². The molecule has 0 radical (unpaired) electrons. The summed E-state index contributed by atoms with van der Waals surface area (Å²) in [7, 11) is 1.63. The number of carbonyl (C=O) groups is 1. The zero-order valence-electron chi connectivity index (χ0n) is 18.6. The van der Waals surface area contributed by atoms with Crippen molar-refractivity contribution in [3.8, 4) is 22.7 Å². The number of rotatable bonds is 5. The van der Waals surface area contributed by atoms with Crippen molar-refractivity contribution >= 4 is 16.9 Å². The SMILES string of the molecule is COc1ccccc1-c1cn(CC2Cc3cn(-c4ccccc4)c4cccc(c34)C(=O)O2)nn1. The molecule has 2 aromatic heterocycles. The lowest BCUT2D eigenvalue weighted by atomic mass is 10.0. The van der Waals surface area contributed by atoms with E-state index in [-0.39, 0.29) is 12.1 Å². The molecule has 1 unspecified atom stereocenters. The number of para-hydroxylation sites is 2. The van der Waals surface area contributed by atoms with Crippen molar-refractivity contribution in [3.63, 3.8) is 0 Å². The van der Waals surface area contributed by atoms with E-state index in [1.165, 1.54) is 0 Å². The maximum Gasteiger partial charge on any atom is 0.339 e. The standard InChI is InChI=1S/C27H22N4O3/c1-33-25-13-6-5-10-21(25)23-17-30(29-28-23)16-20-14-18-15-31(19-8-3-2-4-9-19)24-12-7-11-22(26(18)24)27(32)34-20/h2-13,15,17,20H,14,16H2,1H3. The molecule has 7 heteroatoms. The zero-order chi connectivity index (χ0) is 23.1. The van der Waals surface area contributed by atoms with Crippen molar-refractivity contribution < 1.29 is 14.3 Å². The number of benzene rings is 3. The molecule has 7 nitrogen and oxygen atoms in total. The largest absolute Gasteiger partial charge is 0.496 e. The van der Waals surface area contributed by atoms with Crippen LogP contribution >= 0.6 is 0 Å². The highest BCUT2D eigenvalue weighted by atomic mass is 16.5. The molecule has 5 aromatic rings. The molecule has 0 bridgehead atoms. The Kier molecular flexibility index (Phi) is 4.87. The summed E-state index contributed by atoms with van der Waals surface area (Å²) in [6.07, 6.45) is 4.18. The first-order chi connectivity index (χ1) is 16.7. The first kappa shape index (κ1) is 20.2. The average Bonchev–Trinajstić information content (AvgIpc) is 3.46. The second-order valence-electron chi connectivity index (χ2n) is 8.32. The van der Waals surface area contributed by atoms with Gasteiger partial charge in [-0.1, -0.05) is 41.6 Å². The molecule has 0 fully saturated rings. The Labute approximate surface area is 196 Å². The van der Waals surface area contributed by atoms with E-state index in [2.05, 4.69) is 33.2 Å². The lowest BCUT2D eigenvalue weighted by molar-refractivity contribution is 0.0264. The summed E-state index contributed by atoms with van der Waals surface area (Å²) in [6.45, 7) is 0.403. The number of methoxy groups -OCH3 is 1.